The number of hydrogen-bond donors (Lipinski definition) is 2. The van der Waals surface area contributed by atoms with Gasteiger partial charge in [-0.1, -0.05) is 12.1 Å². The maximum Gasteiger partial charge on any atom is 0.221 e. The third kappa shape index (κ3) is 2.63. The summed E-state index contributed by atoms with van der Waals surface area (Å²) in [5.41, 5.74) is 4.42. The summed E-state index contributed by atoms with van der Waals surface area (Å²) in [5.74, 6) is 0.190. The third-order valence-corrected chi connectivity index (χ3v) is 5.52. The minimum atomic E-state index is -0.280. The molecule has 3 atom stereocenters. The molecule has 0 aliphatic carbocycles. The summed E-state index contributed by atoms with van der Waals surface area (Å²) in [6.45, 7) is 4.42. The van der Waals surface area contributed by atoms with Crippen LogP contribution in [0.2, 0.25) is 0 Å². The number of nitrogens with one attached hydrogen (secondary N) is 2. The fourth-order valence-corrected chi connectivity index (χ4v) is 4.23. The van der Waals surface area contributed by atoms with E-state index in [2.05, 4.69) is 23.6 Å². The number of nitrogens with zero attached hydrogens (tertiary/aromatic N) is 1. The van der Waals surface area contributed by atoms with E-state index in [4.69, 9.17) is 10.00 Å². The summed E-state index contributed by atoms with van der Waals surface area (Å²) < 4.78 is 6.10. The molecule has 1 amide bonds. The highest BCUT2D eigenvalue weighted by Crippen LogP contribution is 2.53. The van der Waals surface area contributed by atoms with Crippen molar-refractivity contribution in [3.63, 3.8) is 0 Å². The van der Waals surface area contributed by atoms with Crippen LogP contribution in [0.4, 0.5) is 11.4 Å². The van der Waals surface area contributed by atoms with Crippen molar-refractivity contribution in [2.75, 3.05) is 17.2 Å². The standard InChI is InChI=1S/C21H21N3O2/c1-13(25)23-16-7-8-19-17(11-16)20-18(9-10-26-20)21(2,24-19)15-5-3-14(12-22)4-6-15/h3-8,11,18,20,24H,9-10H2,1-2H3,(H,23,25)/t18-,20+,21+/m1/s1. The number of carbonyl (C=O) groups excluding carboxylic acids is 1. The molecule has 2 aliphatic rings. The van der Waals surface area contributed by atoms with Crippen LogP contribution in [0.3, 0.4) is 0 Å². The highest BCUT2D eigenvalue weighted by atomic mass is 16.5. The van der Waals surface area contributed by atoms with Crippen molar-refractivity contribution in [2.24, 2.45) is 5.92 Å². The Morgan fingerprint density at radius 3 is 2.77 bits per heavy atom. The first-order valence-corrected chi connectivity index (χ1v) is 8.83. The molecule has 0 spiro atoms. The molecule has 0 aromatic heterocycles. The molecule has 0 saturated carbocycles. The Labute approximate surface area is 153 Å². The van der Waals surface area contributed by atoms with Crippen LogP contribution in [0.1, 0.15) is 43.1 Å². The molecule has 2 aromatic rings. The summed E-state index contributed by atoms with van der Waals surface area (Å²) in [6, 6.07) is 15.9. The molecule has 1 saturated heterocycles. The summed E-state index contributed by atoms with van der Waals surface area (Å²) in [6.07, 6.45) is 0.943. The summed E-state index contributed by atoms with van der Waals surface area (Å²) in [5, 5.41) is 15.6. The zero-order chi connectivity index (χ0) is 18.3. The zero-order valence-corrected chi connectivity index (χ0v) is 14.9. The van der Waals surface area contributed by atoms with Crippen LogP contribution in [0.15, 0.2) is 42.5 Å². The molecule has 132 valence electrons. The number of rotatable bonds is 2. The molecule has 0 radical (unpaired) electrons. The molecule has 5 nitrogen and oxygen atoms in total. The highest BCUT2D eigenvalue weighted by Gasteiger charge is 2.48. The molecule has 1 fully saturated rings. The van der Waals surface area contributed by atoms with Crippen LogP contribution in [-0.4, -0.2) is 12.5 Å². The van der Waals surface area contributed by atoms with Gasteiger partial charge in [-0.3, -0.25) is 4.79 Å². The molecular formula is C21H21N3O2. The Morgan fingerprint density at radius 1 is 1.31 bits per heavy atom. The average molecular weight is 347 g/mol. The second kappa shape index (κ2) is 6.15. The predicted molar refractivity (Wildman–Crippen MR) is 99.7 cm³/mol. The smallest absolute Gasteiger partial charge is 0.221 e. The van der Waals surface area contributed by atoms with E-state index in [9.17, 15) is 4.79 Å². The number of ether oxygens (including phenoxy) is 1. The van der Waals surface area contributed by atoms with Crippen LogP contribution in [0, 0.1) is 17.2 Å². The molecule has 0 unspecified atom stereocenters. The Balaban J connectivity index is 1.76. The molecule has 2 N–H and O–H groups in total. The van der Waals surface area contributed by atoms with E-state index in [1.807, 2.05) is 42.5 Å². The van der Waals surface area contributed by atoms with E-state index in [0.29, 0.717) is 12.2 Å². The second-order valence-electron chi connectivity index (χ2n) is 7.19. The van der Waals surface area contributed by atoms with Gasteiger partial charge in [0.15, 0.2) is 0 Å². The van der Waals surface area contributed by atoms with Gasteiger partial charge in [0.05, 0.1) is 23.3 Å². The van der Waals surface area contributed by atoms with Crippen LogP contribution in [0.25, 0.3) is 0 Å². The van der Waals surface area contributed by atoms with Gasteiger partial charge in [-0.2, -0.15) is 5.26 Å². The van der Waals surface area contributed by atoms with Crippen molar-refractivity contribution < 1.29 is 9.53 Å². The lowest BCUT2D eigenvalue weighted by Gasteiger charge is -2.45. The minimum absolute atomic E-state index is 0.0133. The van der Waals surface area contributed by atoms with Crippen molar-refractivity contribution >= 4 is 17.3 Å². The quantitative estimate of drug-likeness (QED) is 0.863. The van der Waals surface area contributed by atoms with Gasteiger partial charge in [0.2, 0.25) is 5.91 Å². The van der Waals surface area contributed by atoms with Gasteiger partial charge < -0.3 is 15.4 Å². The first-order chi connectivity index (χ1) is 12.5. The van der Waals surface area contributed by atoms with Crippen molar-refractivity contribution in [1.82, 2.24) is 0 Å². The largest absolute Gasteiger partial charge is 0.375 e. The van der Waals surface area contributed by atoms with Crippen molar-refractivity contribution in [2.45, 2.75) is 31.9 Å². The molecule has 4 rings (SSSR count). The van der Waals surface area contributed by atoms with Gasteiger partial charge in [0.25, 0.3) is 0 Å². The lowest BCUT2D eigenvalue weighted by molar-refractivity contribution is -0.114. The Morgan fingerprint density at radius 2 is 2.08 bits per heavy atom. The van der Waals surface area contributed by atoms with E-state index in [1.165, 1.54) is 6.92 Å². The predicted octanol–water partition coefficient (Wildman–Crippen LogP) is 3.94. The van der Waals surface area contributed by atoms with E-state index in [1.54, 1.807) is 0 Å². The van der Waals surface area contributed by atoms with Gasteiger partial charge in [-0.05, 0) is 49.2 Å². The molecule has 26 heavy (non-hydrogen) atoms. The average Bonchev–Trinajstić information content (AvgIpc) is 3.13. The van der Waals surface area contributed by atoms with E-state index in [0.717, 1.165) is 28.9 Å². The van der Waals surface area contributed by atoms with Crippen molar-refractivity contribution in [3.8, 4) is 6.07 Å². The number of carbonyl (C=O) groups is 1. The molecule has 5 heteroatoms. The summed E-state index contributed by atoms with van der Waals surface area (Å²) in [4.78, 5) is 11.4. The zero-order valence-electron chi connectivity index (χ0n) is 14.9. The van der Waals surface area contributed by atoms with Gasteiger partial charge in [-0.15, -0.1) is 0 Å². The van der Waals surface area contributed by atoms with Crippen molar-refractivity contribution in [3.05, 3.63) is 59.2 Å². The Kier molecular flexibility index (Phi) is 3.93. The molecule has 2 aromatic carbocycles. The molecule has 2 heterocycles. The number of anilines is 2. The van der Waals surface area contributed by atoms with Crippen LogP contribution in [0.5, 0.6) is 0 Å². The normalized spacial score (nSPS) is 26.2. The first-order valence-electron chi connectivity index (χ1n) is 8.83. The molecule has 2 aliphatic heterocycles. The highest BCUT2D eigenvalue weighted by molar-refractivity contribution is 5.89. The number of hydrogen-bond acceptors (Lipinski definition) is 4. The first kappa shape index (κ1) is 16.6. The number of benzene rings is 2. The molecular weight excluding hydrogens is 326 g/mol. The second-order valence-corrected chi connectivity index (χ2v) is 7.19. The van der Waals surface area contributed by atoms with E-state index >= 15 is 0 Å². The topological polar surface area (TPSA) is 74.1 Å². The van der Waals surface area contributed by atoms with Gasteiger partial charge in [0, 0.05) is 36.4 Å². The van der Waals surface area contributed by atoms with Gasteiger partial charge in [0.1, 0.15) is 0 Å². The Bertz CT molecular complexity index is 900. The SMILES string of the molecule is CC(=O)Nc1ccc2c(c1)[C@@H]1OCC[C@H]1[C@](C)(c1ccc(C#N)cc1)N2. The fraction of sp³-hybridized carbons (Fsp3) is 0.333. The van der Waals surface area contributed by atoms with Crippen LogP contribution >= 0.6 is 0 Å². The van der Waals surface area contributed by atoms with E-state index < -0.39 is 0 Å². The number of nitriles is 1. The minimum Gasteiger partial charge on any atom is -0.375 e. The third-order valence-electron chi connectivity index (χ3n) is 5.52. The summed E-state index contributed by atoms with van der Waals surface area (Å²) in [7, 11) is 0. The monoisotopic (exact) mass is 347 g/mol. The van der Waals surface area contributed by atoms with Gasteiger partial charge >= 0.3 is 0 Å². The van der Waals surface area contributed by atoms with Crippen LogP contribution in [-0.2, 0) is 15.1 Å². The fourth-order valence-electron chi connectivity index (χ4n) is 4.23. The van der Waals surface area contributed by atoms with E-state index in [-0.39, 0.29) is 23.5 Å². The Hall–Kier alpha value is -2.84. The van der Waals surface area contributed by atoms with Crippen molar-refractivity contribution in [1.29, 1.82) is 5.26 Å². The maximum absolute atomic E-state index is 11.4. The number of fused-ring (bicyclic) bond motifs is 3. The lowest BCUT2D eigenvalue weighted by Crippen LogP contribution is -2.44. The lowest BCUT2D eigenvalue weighted by atomic mass is 9.71. The summed E-state index contributed by atoms with van der Waals surface area (Å²) >= 11 is 0. The number of amides is 1. The van der Waals surface area contributed by atoms with Crippen LogP contribution < -0.4 is 10.6 Å². The molecule has 0 bridgehead atoms. The van der Waals surface area contributed by atoms with Gasteiger partial charge in [-0.25, -0.2) is 0 Å². The maximum atomic E-state index is 11.4.